The maximum atomic E-state index is 2.35. The Hall–Kier alpha value is -0.690. The van der Waals surface area contributed by atoms with E-state index in [9.17, 15) is 0 Å². The van der Waals surface area contributed by atoms with E-state index in [-0.39, 0.29) is 0 Å². The van der Waals surface area contributed by atoms with Crippen molar-refractivity contribution >= 4 is 29.5 Å². The van der Waals surface area contributed by atoms with Crippen LogP contribution >= 0.6 is 0 Å². The van der Waals surface area contributed by atoms with Crippen molar-refractivity contribution < 1.29 is 0 Å². The fraction of sp³-hybridized carbons (Fsp3) is 0.294. The van der Waals surface area contributed by atoms with E-state index in [0.717, 1.165) is 5.92 Å². The zero-order valence-corrected chi connectivity index (χ0v) is 15.6. The Morgan fingerprint density at radius 2 is 1.33 bits per heavy atom. The molecule has 0 spiro atoms. The molecule has 0 saturated heterocycles. The minimum atomic E-state index is -0.971. The summed E-state index contributed by atoms with van der Waals surface area (Å²) in [7, 11) is 0. The molecule has 1 heteroatoms. The number of rotatable bonds is 4. The molecule has 0 amide bonds. The summed E-state index contributed by atoms with van der Waals surface area (Å²) in [4.78, 5) is 0. The van der Waals surface area contributed by atoms with Gasteiger partial charge in [0, 0.05) is 0 Å². The van der Waals surface area contributed by atoms with Crippen molar-refractivity contribution in [1.82, 2.24) is 0 Å². The molecule has 0 nitrogen and oxygen atoms in total. The van der Waals surface area contributed by atoms with Gasteiger partial charge in [0.25, 0.3) is 0 Å². The van der Waals surface area contributed by atoms with E-state index in [1.54, 1.807) is 6.64 Å². The van der Waals surface area contributed by atoms with Gasteiger partial charge < -0.3 is 0 Å². The van der Waals surface area contributed by atoms with Gasteiger partial charge in [0.15, 0.2) is 0 Å². The average molecular weight is 340 g/mol. The van der Waals surface area contributed by atoms with Crippen LogP contribution in [0.25, 0.3) is 0 Å². The molecule has 0 atom stereocenters. The Bertz CT molecular complexity index is 480. The molecular weight excluding hydrogens is 319 g/mol. The number of aryl methyl sites for hydroxylation is 1. The van der Waals surface area contributed by atoms with Gasteiger partial charge in [-0.15, -0.1) is 0 Å². The van der Waals surface area contributed by atoms with Gasteiger partial charge in [-0.25, -0.2) is 0 Å². The third kappa shape index (κ3) is 4.20. The molecule has 0 aromatic heterocycles. The van der Waals surface area contributed by atoms with Crippen molar-refractivity contribution in [3.63, 3.8) is 0 Å². The van der Waals surface area contributed by atoms with E-state index >= 15 is 0 Å². The Morgan fingerprint density at radius 3 is 1.83 bits per heavy atom. The van der Waals surface area contributed by atoms with Gasteiger partial charge in [0.1, 0.15) is 0 Å². The van der Waals surface area contributed by atoms with Gasteiger partial charge in [-0.05, 0) is 0 Å². The third-order valence-electron chi connectivity index (χ3n) is 3.20. The van der Waals surface area contributed by atoms with Crippen molar-refractivity contribution in [2.75, 3.05) is 0 Å². The van der Waals surface area contributed by atoms with Crippen LogP contribution in [0.1, 0.15) is 25.0 Å². The van der Waals surface area contributed by atoms with Crippen LogP contribution in [0.3, 0.4) is 0 Å². The molecule has 0 aliphatic carbocycles. The molecule has 0 aliphatic rings. The zero-order valence-electron chi connectivity index (χ0n) is 11.6. The summed E-state index contributed by atoms with van der Waals surface area (Å²) in [5.41, 5.74) is 2.83. The molecule has 0 heterocycles. The van der Waals surface area contributed by atoms with Gasteiger partial charge in [0.05, 0.1) is 0 Å². The summed E-state index contributed by atoms with van der Waals surface area (Å²) in [6, 6.07) is 18.4. The molecule has 0 N–H and O–H groups in total. The van der Waals surface area contributed by atoms with Crippen LogP contribution in [-0.4, -0.2) is 22.9 Å². The van der Waals surface area contributed by atoms with Crippen molar-refractivity contribution in [2.45, 2.75) is 27.2 Å². The second kappa shape index (κ2) is 6.47. The Kier molecular flexibility index (Phi) is 4.94. The van der Waals surface area contributed by atoms with E-state index < -0.39 is 22.9 Å². The first-order valence-electron chi connectivity index (χ1n) is 6.77. The van der Waals surface area contributed by atoms with Gasteiger partial charge in [0.2, 0.25) is 0 Å². The number of benzene rings is 2. The van der Waals surface area contributed by atoms with Crippen LogP contribution in [0, 0.1) is 12.8 Å². The van der Waals surface area contributed by atoms with E-state index in [1.807, 2.05) is 0 Å². The number of hydrogen-bond acceptors (Lipinski definition) is 0. The SMILES string of the molecule is Cc1cc[c]([InH][c]2ccc(CC(C)C)cc2)cc1. The van der Waals surface area contributed by atoms with Crippen LogP contribution < -0.4 is 6.64 Å². The average Bonchev–Trinajstić information content (AvgIpc) is 2.34. The first-order chi connectivity index (χ1) is 8.63. The van der Waals surface area contributed by atoms with E-state index in [2.05, 4.69) is 69.3 Å². The van der Waals surface area contributed by atoms with Crippen molar-refractivity contribution in [3.8, 4) is 0 Å². The maximum absolute atomic E-state index is 2.35. The molecule has 2 aromatic carbocycles. The van der Waals surface area contributed by atoms with Gasteiger partial charge in [-0.2, -0.15) is 0 Å². The molecule has 2 aromatic rings. The molecular formula is C17H21In. The molecule has 0 fully saturated rings. The predicted molar refractivity (Wildman–Crippen MR) is 82.6 cm³/mol. The first-order valence-corrected chi connectivity index (χ1v) is 10.8. The first kappa shape index (κ1) is 13.7. The normalized spacial score (nSPS) is 10.7. The summed E-state index contributed by atoms with van der Waals surface area (Å²) >= 11 is -0.971. The fourth-order valence-electron chi connectivity index (χ4n) is 2.21. The third-order valence-corrected chi connectivity index (χ3v) is 8.22. The summed E-state index contributed by atoms with van der Waals surface area (Å²) in [5, 5.41) is 0. The Labute approximate surface area is 122 Å². The zero-order chi connectivity index (χ0) is 13.0. The van der Waals surface area contributed by atoms with Gasteiger partial charge in [-0.1, -0.05) is 0 Å². The summed E-state index contributed by atoms with van der Waals surface area (Å²) in [5.74, 6) is 0.747. The summed E-state index contributed by atoms with van der Waals surface area (Å²) in [6.07, 6.45) is 1.19. The van der Waals surface area contributed by atoms with Crippen molar-refractivity contribution in [3.05, 3.63) is 59.7 Å². The van der Waals surface area contributed by atoms with Crippen LogP contribution in [0.5, 0.6) is 0 Å². The Balaban J connectivity index is 2.04. The molecule has 92 valence electrons. The standard InChI is InChI=1S/C10H13.C7H7.In.H/c1-9(2)8-10-6-4-3-5-7-10;1-7-5-3-2-4-6-7;;/h4-7,9H,8H2,1-2H3;3-6H,1H3;;. The van der Waals surface area contributed by atoms with Crippen molar-refractivity contribution in [2.24, 2.45) is 5.92 Å². The van der Waals surface area contributed by atoms with E-state index in [0.29, 0.717) is 0 Å². The Morgan fingerprint density at radius 1 is 0.833 bits per heavy atom. The molecule has 0 aliphatic heterocycles. The van der Waals surface area contributed by atoms with Gasteiger partial charge in [-0.3, -0.25) is 0 Å². The second-order valence-corrected chi connectivity index (χ2v) is 11.2. The monoisotopic (exact) mass is 340 g/mol. The minimum absolute atomic E-state index is 0.747. The fourth-order valence-corrected chi connectivity index (χ4v) is 6.24. The molecule has 0 bridgehead atoms. The molecule has 0 unspecified atom stereocenters. The van der Waals surface area contributed by atoms with E-state index in [1.165, 1.54) is 17.5 Å². The number of hydrogen-bond donors (Lipinski definition) is 0. The van der Waals surface area contributed by atoms with Crippen LogP contribution in [-0.2, 0) is 6.42 Å². The summed E-state index contributed by atoms with van der Waals surface area (Å²) < 4.78 is 3.20. The quantitative estimate of drug-likeness (QED) is 0.803. The summed E-state index contributed by atoms with van der Waals surface area (Å²) in [6.45, 7) is 6.71. The van der Waals surface area contributed by atoms with Crippen LogP contribution in [0.15, 0.2) is 48.5 Å². The predicted octanol–water partition coefficient (Wildman–Crippen LogP) is 2.58. The molecule has 18 heavy (non-hydrogen) atoms. The molecule has 0 saturated carbocycles. The topological polar surface area (TPSA) is 0 Å². The van der Waals surface area contributed by atoms with E-state index in [4.69, 9.17) is 0 Å². The van der Waals surface area contributed by atoms with Crippen LogP contribution in [0.2, 0.25) is 0 Å². The molecule has 0 radical (unpaired) electrons. The second-order valence-electron chi connectivity index (χ2n) is 5.58. The van der Waals surface area contributed by atoms with Crippen molar-refractivity contribution in [1.29, 1.82) is 0 Å². The van der Waals surface area contributed by atoms with Crippen LogP contribution in [0.4, 0.5) is 0 Å². The molecule has 2 rings (SSSR count). The van der Waals surface area contributed by atoms with Gasteiger partial charge >= 0.3 is 122 Å².